The summed E-state index contributed by atoms with van der Waals surface area (Å²) in [6, 6.07) is 0. The lowest BCUT2D eigenvalue weighted by Gasteiger charge is -2.14. The van der Waals surface area contributed by atoms with Crippen LogP contribution in [0.3, 0.4) is 0 Å². The van der Waals surface area contributed by atoms with Gasteiger partial charge in [-0.2, -0.15) is 0 Å². The van der Waals surface area contributed by atoms with Gasteiger partial charge in [0.1, 0.15) is 12.3 Å². The van der Waals surface area contributed by atoms with Gasteiger partial charge in [0, 0.05) is 26.5 Å². The molecule has 0 heterocycles. The topological polar surface area (TPSA) is 69.6 Å². The molecule has 0 bridgehead atoms. The van der Waals surface area contributed by atoms with Crippen molar-refractivity contribution in [2.45, 2.75) is 25.6 Å². The molecule has 72 valence electrons. The first kappa shape index (κ1) is 11.3. The van der Waals surface area contributed by atoms with Gasteiger partial charge in [-0.1, -0.05) is 0 Å². The number of aliphatic hydroxyl groups excluding tert-OH is 2. The Morgan fingerprint density at radius 2 is 2.25 bits per heavy atom. The number of nitrogens with one attached hydrogen (secondary N) is 1. The fraction of sp³-hybridized carbons (Fsp3) is 0.857. The molecule has 2 atom stereocenters. The zero-order valence-corrected chi connectivity index (χ0v) is 6.96. The van der Waals surface area contributed by atoms with Crippen molar-refractivity contribution in [3.63, 3.8) is 0 Å². The predicted octanol–water partition coefficient (Wildman–Crippen LogP) is -0.796. The second-order valence-corrected chi connectivity index (χ2v) is 2.53. The number of hydrogen-bond acceptors (Lipinski definition) is 3. The van der Waals surface area contributed by atoms with Crippen LogP contribution in [0.15, 0.2) is 0 Å². The van der Waals surface area contributed by atoms with Crippen LogP contribution in [-0.2, 0) is 4.79 Å². The molecule has 0 aliphatic rings. The number of amides is 1. The van der Waals surface area contributed by atoms with Crippen LogP contribution in [0.5, 0.6) is 0 Å². The first-order chi connectivity index (χ1) is 5.57. The van der Waals surface area contributed by atoms with Crippen LogP contribution in [-0.4, -0.2) is 41.5 Å². The molecule has 5 heteroatoms. The van der Waals surface area contributed by atoms with Crippen molar-refractivity contribution in [2.24, 2.45) is 0 Å². The molecule has 0 aromatic carbocycles. The maximum Gasteiger partial charge on any atom is 0.216 e. The lowest BCUT2D eigenvalue weighted by molar-refractivity contribution is -0.119. The molecule has 0 aliphatic heterocycles. The zero-order valence-electron chi connectivity index (χ0n) is 6.96. The lowest BCUT2D eigenvalue weighted by atomic mass is 10.1. The average molecular weight is 179 g/mol. The molecule has 0 aromatic heterocycles. The van der Waals surface area contributed by atoms with E-state index >= 15 is 0 Å². The van der Waals surface area contributed by atoms with Gasteiger partial charge in [-0.05, 0) is 0 Å². The highest BCUT2D eigenvalue weighted by molar-refractivity contribution is 5.72. The molecule has 0 aromatic rings. The molecule has 12 heavy (non-hydrogen) atoms. The van der Waals surface area contributed by atoms with Crippen LogP contribution in [0, 0.1) is 0 Å². The molecule has 3 N–H and O–H groups in total. The van der Waals surface area contributed by atoms with Crippen molar-refractivity contribution >= 4 is 5.91 Å². The van der Waals surface area contributed by atoms with Crippen LogP contribution in [0.1, 0.15) is 13.3 Å². The van der Waals surface area contributed by atoms with E-state index in [-0.39, 0.29) is 25.5 Å². The Kier molecular flexibility index (Phi) is 5.57. The number of halogens is 1. The van der Waals surface area contributed by atoms with Gasteiger partial charge in [0.25, 0.3) is 0 Å². The van der Waals surface area contributed by atoms with Gasteiger partial charge in [0.15, 0.2) is 0 Å². The number of carbonyl (C=O) groups is 1. The highest BCUT2D eigenvalue weighted by atomic mass is 19.1. The Bertz CT molecular complexity index is 143. The largest absolute Gasteiger partial charge is 0.396 e. The molecule has 0 fully saturated rings. The SMILES string of the molecule is CC(=O)NC[C@@H](O)[C@H](F)CCO. The minimum absolute atomic E-state index is 0.110. The van der Waals surface area contributed by atoms with E-state index in [1.807, 2.05) is 0 Å². The first-order valence-corrected chi connectivity index (χ1v) is 3.75. The number of aliphatic hydroxyl groups is 2. The van der Waals surface area contributed by atoms with Gasteiger partial charge in [0.2, 0.25) is 5.91 Å². The number of hydrogen-bond donors (Lipinski definition) is 3. The summed E-state index contributed by atoms with van der Waals surface area (Å²) in [5.74, 6) is -0.315. The Labute approximate surface area is 70.4 Å². The van der Waals surface area contributed by atoms with Gasteiger partial charge in [-0.3, -0.25) is 4.79 Å². The van der Waals surface area contributed by atoms with E-state index in [1.54, 1.807) is 0 Å². The Morgan fingerprint density at radius 1 is 1.67 bits per heavy atom. The molecule has 1 amide bonds. The minimum Gasteiger partial charge on any atom is -0.396 e. The zero-order chi connectivity index (χ0) is 9.56. The molecule has 0 radical (unpaired) electrons. The Balaban J connectivity index is 3.55. The van der Waals surface area contributed by atoms with Crippen LogP contribution >= 0.6 is 0 Å². The summed E-state index contributed by atoms with van der Waals surface area (Å²) in [5, 5.41) is 19.6. The summed E-state index contributed by atoms with van der Waals surface area (Å²) in [6.45, 7) is 0.862. The highest BCUT2D eigenvalue weighted by Crippen LogP contribution is 2.02. The van der Waals surface area contributed by atoms with Gasteiger partial charge in [-0.15, -0.1) is 0 Å². The van der Waals surface area contributed by atoms with E-state index in [4.69, 9.17) is 10.2 Å². The van der Waals surface area contributed by atoms with E-state index in [1.165, 1.54) is 6.92 Å². The van der Waals surface area contributed by atoms with Crippen LogP contribution in [0.2, 0.25) is 0 Å². The monoisotopic (exact) mass is 179 g/mol. The summed E-state index contributed by atoms with van der Waals surface area (Å²) in [7, 11) is 0. The fourth-order valence-corrected chi connectivity index (χ4v) is 0.692. The average Bonchev–Trinajstić information content (AvgIpc) is 2.00. The molecular formula is C7H14FNO3. The maximum atomic E-state index is 12.7. The minimum atomic E-state index is -1.48. The molecule has 0 spiro atoms. The summed E-state index contributed by atoms with van der Waals surface area (Å²) < 4.78 is 12.7. The second kappa shape index (κ2) is 5.91. The summed E-state index contributed by atoms with van der Waals surface area (Å²) in [4.78, 5) is 10.3. The van der Waals surface area contributed by atoms with Crippen LogP contribution < -0.4 is 5.32 Å². The van der Waals surface area contributed by atoms with Crippen molar-refractivity contribution in [1.29, 1.82) is 0 Å². The van der Waals surface area contributed by atoms with Crippen molar-refractivity contribution in [2.75, 3.05) is 13.2 Å². The van der Waals surface area contributed by atoms with Crippen molar-refractivity contribution in [3.8, 4) is 0 Å². The first-order valence-electron chi connectivity index (χ1n) is 3.75. The van der Waals surface area contributed by atoms with E-state index < -0.39 is 12.3 Å². The molecule has 0 unspecified atom stereocenters. The van der Waals surface area contributed by atoms with Crippen molar-refractivity contribution in [1.82, 2.24) is 5.32 Å². The lowest BCUT2D eigenvalue weighted by Crippen LogP contribution is -2.36. The van der Waals surface area contributed by atoms with Crippen LogP contribution in [0.25, 0.3) is 0 Å². The molecule has 0 rings (SSSR count). The third kappa shape index (κ3) is 5.03. The molecule has 0 saturated heterocycles. The number of alkyl halides is 1. The molecule has 0 aliphatic carbocycles. The van der Waals surface area contributed by atoms with Crippen molar-refractivity contribution < 1.29 is 19.4 Å². The summed E-state index contributed by atoms with van der Waals surface area (Å²) in [5.41, 5.74) is 0. The third-order valence-electron chi connectivity index (χ3n) is 1.38. The Hall–Kier alpha value is -0.680. The normalized spacial score (nSPS) is 15.3. The van der Waals surface area contributed by atoms with Gasteiger partial charge < -0.3 is 15.5 Å². The van der Waals surface area contributed by atoms with Gasteiger partial charge in [-0.25, -0.2) is 4.39 Å². The highest BCUT2D eigenvalue weighted by Gasteiger charge is 2.17. The fourth-order valence-electron chi connectivity index (χ4n) is 0.692. The maximum absolute atomic E-state index is 12.7. The number of carbonyl (C=O) groups excluding carboxylic acids is 1. The van der Waals surface area contributed by atoms with Gasteiger partial charge >= 0.3 is 0 Å². The Morgan fingerprint density at radius 3 is 2.67 bits per heavy atom. The van der Waals surface area contributed by atoms with E-state index in [0.717, 1.165) is 0 Å². The predicted molar refractivity (Wildman–Crippen MR) is 41.3 cm³/mol. The quantitative estimate of drug-likeness (QED) is 0.517. The standard InChI is InChI=1S/C7H14FNO3/c1-5(11)9-4-7(12)6(8)2-3-10/h6-7,10,12H,2-4H2,1H3,(H,9,11)/t6-,7-/m1/s1. The smallest absolute Gasteiger partial charge is 0.216 e. The van der Waals surface area contributed by atoms with Crippen LogP contribution in [0.4, 0.5) is 4.39 Å². The molecular weight excluding hydrogens is 165 g/mol. The number of rotatable bonds is 5. The summed E-state index contributed by atoms with van der Waals surface area (Å²) >= 11 is 0. The van der Waals surface area contributed by atoms with E-state index in [9.17, 15) is 9.18 Å². The van der Waals surface area contributed by atoms with E-state index in [0.29, 0.717) is 0 Å². The molecule has 4 nitrogen and oxygen atoms in total. The summed E-state index contributed by atoms with van der Waals surface area (Å²) in [6.07, 6.45) is -2.83. The molecule has 0 saturated carbocycles. The van der Waals surface area contributed by atoms with Crippen molar-refractivity contribution in [3.05, 3.63) is 0 Å². The van der Waals surface area contributed by atoms with Gasteiger partial charge in [0.05, 0.1) is 0 Å². The third-order valence-corrected chi connectivity index (χ3v) is 1.38. The second-order valence-electron chi connectivity index (χ2n) is 2.53. The van der Waals surface area contributed by atoms with E-state index in [2.05, 4.69) is 5.32 Å².